The molecule has 0 saturated carbocycles. The summed E-state index contributed by atoms with van der Waals surface area (Å²) in [6.07, 6.45) is 7.02. The fourth-order valence-corrected chi connectivity index (χ4v) is 4.75. The number of carboxylic acids is 1. The number of nitrogens with two attached hydrogens (primary N) is 1. The molecule has 0 spiro atoms. The van der Waals surface area contributed by atoms with Crippen LogP contribution in [0.2, 0.25) is 0 Å². The third-order valence-electron chi connectivity index (χ3n) is 6.90. The van der Waals surface area contributed by atoms with Gasteiger partial charge in [-0.15, -0.1) is 0 Å². The van der Waals surface area contributed by atoms with Crippen molar-refractivity contribution in [3.8, 4) is 6.01 Å². The highest BCUT2D eigenvalue weighted by molar-refractivity contribution is 5.87. The molecule has 10 heteroatoms. The fraction of sp³-hybridized carbons (Fsp3) is 0.538. The van der Waals surface area contributed by atoms with Crippen LogP contribution in [0.25, 0.3) is 11.2 Å². The molecule has 3 heterocycles. The van der Waals surface area contributed by atoms with Gasteiger partial charge in [-0.1, -0.05) is 25.5 Å². The maximum absolute atomic E-state index is 12.5. The largest absolute Gasteiger partial charge is 0.478 e. The molecule has 2 aromatic heterocycles. The molecule has 1 aromatic carbocycles. The molecule has 0 amide bonds. The Balaban J connectivity index is 1.23. The molecule has 3 aromatic rings. The van der Waals surface area contributed by atoms with Gasteiger partial charge in [-0.25, -0.2) is 9.59 Å². The smallest absolute Gasteiger partial charge is 0.335 e. The van der Waals surface area contributed by atoms with Gasteiger partial charge >= 0.3 is 17.7 Å². The lowest BCUT2D eigenvalue weighted by Crippen LogP contribution is -2.35. The van der Waals surface area contributed by atoms with Gasteiger partial charge in [0.05, 0.1) is 12.2 Å². The van der Waals surface area contributed by atoms with Gasteiger partial charge in [0.2, 0.25) is 0 Å². The standard InChI is InChI=1S/C26H36N6O4/c1-2-3-16-36-25-29-22(27)21-23(30-25)32(26(35)28-21)13-5-4-12-31-14-10-19(11-15-31)17-18-6-8-20(9-7-18)24(33)34/h6-9,19H,2-5,10-17H2,1H3,(H,28,35)(H,33,34)(H2,27,29,30). The number of anilines is 1. The molecular weight excluding hydrogens is 460 g/mol. The molecule has 1 saturated heterocycles. The third kappa shape index (κ3) is 6.42. The summed E-state index contributed by atoms with van der Waals surface area (Å²) < 4.78 is 7.23. The number of ether oxygens (including phenoxy) is 1. The normalized spacial score (nSPS) is 14.9. The number of nitrogens with zero attached hydrogens (tertiary/aromatic N) is 4. The number of imidazole rings is 1. The number of aromatic nitrogens is 4. The lowest BCUT2D eigenvalue weighted by Gasteiger charge is -2.32. The van der Waals surface area contributed by atoms with E-state index in [9.17, 15) is 9.59 Å². The van der Waals surface area contributed by atoms with Crippen molar-refractivity contribution in [1.29, 1.82) is 0 Å². The molecular formula is C26H36N6O4. The summed E-state index contributed by atoms with van der Waals surface area (Å²) in [6, 6.07) is 7.45. The van der Waals surface area contributed by atoms with Crippen LogP contribution in [0.1, 0.15) is 61.4 Å². The molecule has 0 unspecified atom stereocenters. The number of nitrogen functional groups attached to an aromatic ring is 1. The van der Waals surface area contributed by atoms with E-state index >= 15 is 0 Å². The number of hydrogen-bond acceptors (Lipinski definition) is 7. The minimum absolute atomic E-state index is 0.210. The van der Waals surface area contributed by atoms with Crippen LogP contribution in [0.15, 0.2) is 29.1 Å². The number of aryl methyl sites for hydroxylation is 1. The Labute approximate surface area is 210 Å². The number of rotatable bonds is 12. The molecule has 4 N–H and O–H groups in total. The summed E-state index contributed by atoms with van der Waals surface area (Å²) in [5.41, 5.74) is 8.29. The zero-order valence-electron chi connectivity index (χ0n) is 20.9. The van der Waals surface area contributed by atoms with E-state index in [1.54, 1.807) is 16.7 Å². The first kappa shape index (κ1) is 25.7. The molecule has 0 radical (unpaired) electrons. The Morgan fingerprint density at radius 3 is 2.56 bits per heavy atom. The van der Waals surface area contributed by atoms with Crippen molar-refractivity contribution in [2.75, 3.05) is 32.0 Å². The van der Waals surface area contributed by atoms with Gasteiger partial charge < -0.3 is 25.5 Å². The Bertz CT molecular complexity index is 1210. The summed E-state index contributed by atoms with van der Waals surface area (Å²) in [7, 11) is 0. The van der Waals surface area contributed by atoms with Gasteiger partial charge in [0.25, 0.3) is 0 Å². The lowest BCUT2D eigenvalue weighted by atomic mass is 9.90. The summed E-state index contributed by atoms with van der Waals surface area (Å²) in [5, 5.41) is 9.05. The van der Waals surface area contributed by atoms with E-state index in [-0.39, 0.29) is 17.5 Å². The molecule has 1 fully saturated rings. The van der Waals surface area contributed by atoms with Gasteiger partial charge in [-0.2, -0.15) is 9.97 Å². The van der Waals surface area contributed by atoms with E-state index in [2.05, 4.69) is 26.8 Å². The molecule has 4 rings (SSSR count). The predicted molar refractivity (Wildman–Crippen MR) is 138 cm³/mol. The number of unbranched alkanes of at least 4 members (excludes halogenated alkanes) is 2. The van der Waals surface area contributed by atoms with Crippen LogP contribution in [0, 0.1) is 5.92 Å². The van der Waals surface area contributed by atoms with E-state index in [1.165, 1.54) is 5.56 Å². The monoisotopic (exact) mass is 496 g/mol. The molecule has 0 aliphatic carbocycles. The molecule has 1 aliphatic heterocycles. The summed E-state index contributed by atoms with van der Waals surface area (Å²) >= 11 is 0. The molecule has 0 bridgehead atoms. The van der Waals surface area contributed by atoms with Crippen LogP contribution < -0.4 is 16.2 Å². The number of piperidine rings is 1. The van der Waals surface area contributed by atoms with E-state index in [0.29, 0.717) is 35.8 Å². The first-order valence-corrected chi connectivity index (χ1v) is 12.9. The lowest BCUT2D eigenvalue weighted by molar-refractivity contribution is 0.0697. The molecule has 194 valence electrons. The first-order valence-electron chi connectivity index (χ1n) is 12.9. The number of carboxylic acid groups (broad SMARTS) is 1. The Morgan fingerprint density at radius 2 is 1.86 bits per heavy atom. The minimum Gasteiger partial charge on any atom is -0.478 e. The van der Waals surface area contributed by atoms with Gasteiger partial charge in [0.1, 0.15) is 5.52 Å². The molecule has 1 aliphatic rings. The molecule has 10 nitrogen and oxygen atoms in total. The summed E-state index contributed by atoms with van der Waals surface area (Å²) in [4.78, 5) is 37.4. The van der Waals surface area contributed by atoms with Crippen LogP contribution in [0.3, 0.4) is 0 Å². The number of nitrogens with one attached hydrogen (secondary N) is 1. The number of fused-ring (bicyclic) bond motifs is 1. The van der Waals surface area contributed by atoms with Crippen LogP contribution in [0.5, 0.6) is 6.01 Å². The Kier molecular flexibility index (Phi) is 8.58. The number of hydrogen-bond donors (Lipinski definition) is 3. The second kappa shape index (κ2) is 12.0. The Morgan fingerprint density at radius 1 is 1.14 bits per heavy atom. The zero-order valence-corrected chi connectivity index (χ0v) is 20.9. The van der Waals surface area contributed by atoms with Crippen LogP contribution in [-0.2, 0) is 13.0 Å². The van der Waals surface area contributed by atoms with Crippen LogP contribution in [-0.4, -0.2) is 61.7 Å². The maximum atomic E-state index is 12.5. The van der Waals surface area contributed by atoms with E-state index in [0.717, 1.165) is 64.6 Å². The average molecular weight is 497 g/mol. The number of H-pyrrole nitrogens is 1. The predicted octanol–water partition coefficient (Wildman–Crippen LogP) is 3.31. The van der Waals surface area contributed by atoms with Crippen molar-refractivity contribution < 1.29 is 14.6 Å². The average Bonchev–Trinajstić information content (AvgIpc) is 3.19. The van der Waals surface area contributed by atoms with Crippen LogP contribution >= 0.6 is 0 Å². The van der Waals surface area contributed by atoms with Crippen LogP contribution in [0.4, 0.5) is 5.82 Å². The maximum Gasteiger partial charge on any atom is 0.335 e. The van der Waals surface area contributed by atoms with Crippen molar-refractivity contribution >= 4 is 23.0 Å². The summed E-state index contributed by atoms with van der Waals surface area (Å²) in [6.45, 7) is 6.29. The first-order chi connectivity index (χ1) is 17.4. The van der Waals surface area contributed by atoms with E-state index < -0.39 is 5.97 Å². The van der Waals surface area contributed by atoms with Gasteiger partial charge in [-0.05, 0) is 81.8 Å². The summed E-state index contributed by atoms with van der Waals surface area (Å²) in [5.74, 6) is -0.0355. The number of carbonyl (C=O) groups is 1. The fourth-order valence-electron chi connectivity index (χ4n) is 4.75. The third-order valence-corrected chi connectivity index (χ3v) is 6.90. The zero-order chi connectivity index (χ0) is 25.5. The van der Waals surface area contributed by atoms with Crippen molar-refractivity contribution in [3.05, 3.63) is 45.9 Å². The quantitative estimate of drug-likeness (QED) is 0.325. The van der Waals surface area contributed by atoms with Crippen molar-refractivity contribution in [2.24, 2.45) is 5.92 Å². The van der Waals surface area contributed by atoms with Crippen molar-refractivity contribution in [2.45, 2.75) is 58.4 Å². The number of benzene rings is 1. The highest BCUT2D eigenvalue weighted by atomic mass is 16.5. The van der Waals surface area contributed by atoms with E-state index in [4.69, 9.17) is 15.6 Å². The second-order valence-electron chi connectivity index (χ2n) is 9.57. The highest BCUT2D eigenvalue weighted by Crippen LogP contribution is 2.23. The second-order valence-corrected chi connectivity index (χ2v) is 9.57. The van der Waals surface area contributed by atoms with Gasteiger partial charge in [0.15, 0.2) is 11.5 Å². The SMILES string of the molecule is CCCCOc1nc(N)c2[nH]c(=O)n(CCCCN3CCC(Cc4ccc(C(=O)O)cc4)CC3)c2n1. The van der Waals surface area contributed by atoms with Crippen molar-refractivity contribution in [1.82, 2.24) is 24.4 Å². The van der Waals surface area contributed by atoms with E-state index in [1.807, 2.05) is 12.1 Å². The topological polar surface area (TPSA) is 139 Å². The number of aromatic amines is 1. The minimum atomic E-state index is -0.886. The molecule has 0 atom stereocenters. The van der Waals surface area contributed by atoms with Gasteiger partial charge in [0, 0.05) is 6.54 Å². The number of aromatic carboxylic acids is 1. The van der Waals surface area contributed by atoms with Crippen molar-refractivity contribution in [3.63, 3.8) is 0 Å². The van der Waals surface area contributed by atoms with Gasteiger partial charge in [-0.3, -0.25) is 4.57 Å². The molecule has 36 heavy (non-hydrogen) atoms. The number of likely N-dealkylation sites (tertiary alicyclic amines) is 1. The highest BCUT2D eigenvalue weighted by Gasteiger charge is 2.20. The Hall–Kier alpha value is -3.40.